The van der Waals surface area contributed by atoms with Crippen molar-refractivity contribution in [1.29, 1.82) is 0 Å². The Kier molecular flexibility index (Phi) is 3.78. The Morgan fingerprint density at radius 2 is 1.94 bits per heavy atom. The van der Waals surface area contributed by atoms with Gasteiger partial charge in [0.25, 0.3) is 10.0 Å². The Morgan fingerprint density at radius 3 is 2.39 bits per heavy atom. The van der Waals surface area contributed by atoms with Crippen molar-refractivity contribution in [3.05, 3.63) is 29.6 Å². The maximum absolute atomic E-state index is 13.5. The molecule has 1 rings (SSSR count). The predicted molar refractivity (Wildman–Crippen MR) is 62.6 cm³/mol. The smallest absolute Gasteiger partial charge is 0.266 e. The number of rotatable bonds is 3. The van der Waals surface area contributed by atoms with Crippen LogP contribution in [-0.2, 0) is 20.4 Å². The van der Waals surface area contributed by atoms with E-state index in [2.05, 4.69) is 0 Å². The molecule has 7 heteroatoms. The maximum atomic E-state index is 13.5. The van der Waals surface area contributed by atoms with Gasteiger partial charge in [-0.2, -0.15) is 0 Å². The summed E-state index contributed by atoms with van der Waals surface area (Å²) >= 11 is 0. The van der Waals surface area contributed by atoms with E-state index in [0.29, 0.717) is 0 Å². The Balaban J connectivity index is 3.37. The second-order valence-electron chi connectivity index (χ2n) is 4.37. The monoisotopic (exact) mass is 275 g/mol. The number of carbonyl (C=O) groups excluding carboxylic acids is 1. The van der Waals surface area contributed by atoms with Crippen LogP contribution in [0.4, 0.5) is 4.39 Å². The molecular formula is C11H14FNO4S. The van der Waals surface area contributed by atoms with Gasteiger partial charge >= 0.3 is 0 Å². The van der Waals surface area contributed by atoms with E-state index >= 15 is 0 Å². The van der Waals surface area contributed by atoms with Gasteiger partial charge in [0.15, 0.2) is 0 Å². The highest BCUT2D eigenvalue weighted by atomic mass is 32.2. The Labute approximate surface area is 105 Å². The zero-order chi connectivity index (χ0) is 14.1. The minimum Gasteiger partial charge on any atom is -0.386 e. The molecule has 0 aliphatic rings. The zero-order valence-corrected chi connectivity index (χ0v) is 11.0. The summed E-state index contributed by atoms with van der Waals surface area (Å²) in [5.74, 6) is -1.81. The van der Waals surface area contributed by atoms with E-state index < -0.39 is 32.2 Å². The molecule has 5 nitrogen and oxygen atoms in total. The van der Waals surface area contributed by atoms with Crippen molar-refractivity contribution in [2.45, 2.75) is 31.3 Å². The van der Waals surface area contributed by atoms with Gasteiger partial charge in [-0.1, -0.05) is 6.07 Å². The first-order valence-corrected chi connectivity index (χ1v) is 6.58. The van der Waals surface area contributed by atoms with E-state index in [4.69, 9.17) is 0 Å². The molecule has 0 saturated heterocycles. The number of hydrogen-bond acceptors (Lipinski definition) is 4. The lowest BCUT2D eigenvalue weighted by molar-refractivity contribution is -0.117. The fourth-order valence-corrected chi connectivity index (χ4v) is 2.43. The van der Waals surface area contributed by atoms with Crippen LogP contribution < -0.4 is 4.72 Å². The highest BCUT2D eigenvalue weighted by Crippen LogP contribution is 2.24. The normalized spacial score (nSPS) is 12.3. The lowest BCUT2D eigenvalue weighted by atomic mass is 9.99. The molecule has 100 valence electrons. The van der Waals surface area contributed by atoms with E-state index in [0.717, 1.165) is 19.1 Å². The molecule has 0 radical (unpaired) electrons. The number of benzene rings is 1. The highest BCUT2D eigenvalue weighted by Gasteiger charge is 2.24. The predicted octanol–water partition coefficient (Wildman–Crippen LogP) is 0.878. The lowest BCUT2D eigenvalue weighted by Crippen LogP contribution is -2.29. The molecule has 0 aliphatic heterocycles. The van der Waals surface area contributed by atoms with Crippen molar-refractivity contribution in [2.75, 3.05) is 0 Å². The number of carbonyl (C=O) groups is 1. The largest absolute Gasteiger partial charge is 0.386 e. The third-order valence-electron chi connectivity index (χ3n) is 2.21. The molecule has 1 aromatic carbocycles. The summed E-state index contributed by atoms with van der Waals surface area (Å²) in [7, 11) is -4.26. The summed E-state index contributed by atoms with van der Waals surface area (Å²) in [6.07, 6.45) is 0. The molecule has 2 N–H and O–H groups in total. The van der Waals surface area contributed by atoms with Gasteiger partial charge in [-0.15, -0.1) is 0 Å². The third kappa shape index (κ3) is 3.27. The molecule has 0 heterocycles. The Hall–Kier alpha value is -1.47. The SMILES string of the molecule is CC(=O)NS(=O)(=O)c1cc(C(C)(C)O)ccc1F. The summed E-state index contributed by atoms with van der Waals surface area (Å²) in [6, 6.07) is 3.21. The van der Waals surface area contributed by atoms with E-state index in [-0.39, 0.29) is 5.56 Å². The Morgan fingerprint density at radius 1 is 1.39 bits per heavy atom. The second kappa shape index (κ2) is 4.66. The molecule has 0 aliphatic carbocycles. The van der Waals surface area contributed by atoms with Crippen LogP contribution in [0.25, 0.3) is 0 Å². The van der Waals surface area contributed by atoms with Gasteiger partial charge in [0.1, 0.15) is 10.7 Å². The topological polar surface area (TPSA) is 83.5 Å². The minimum absolute atomic E-state index is 0.229. The van der Waals surface area contributed by atoms with Crippen LogP contribution in [0.15, 0.2) is 23.1 Å². The van der Waals surface area contributed by atoms with Crippen molar-refractivity contribution < 1.29 is 22.7 Å². The van der Waals surface area contributed by atoms with Crippen LogP contribution in [0, 0.1) is 5.82 Å². The first kappa shape index (κ1) is 14.6. The average molecular weight is 275 g/mol. The average Bonchev–Trinajstić information content (AvgIpc) is 2.13. The van der Waals surface area contributed by atoms with Gasteiger partial charge in [0.05, 0.1) is 5.60 Å². The van der Waals surface area contributed by atoms with Crippen LogP contribution in [-0.4, -0.2) is 19.4 Å². The summed E-state index contributed by atoms with van der Waals surface area (Å²) in [5, 5.41) is 9.75. The van der Waals surface area contributed by atoms with Crippen molar-refractivity contribution in [2.24, 2.45) is 0 Å². The molecular weight excluding hydrogens is 261 g/mol. The van der Waals surface area contributed by atoms with Crippen LogP contribution in [0.2, 0.25) is 0 Å². The van der Waals surface area contributed by atoms with Gasteiger partial charge in [0, 0.05) is 6.92 Å². The maximum Gasteiger partial charge on any atom is 0.266 e. The standard InChI is InChI=1S/C11H14FNO4S/c1-7(14)13-18(16,17)10-6-8(11(2,3)15)4-5-9(10)12/h4-6,15H,1-3H3,(H,13,14). The number of sulfonamides is 1. The molecule has 0 spiro atoms. The Bertz CT molecular complexity index is 575. The summed E-state index contributed by atoms with van der Waals surface area (Å²) in [5.41, 5.74) is -1.08. The van der Waals surface area contributed by atoms with Crippen LogP contribution in [0.5, 0.6) is 0 Å². The first-order valence-electron chi connectivity index (χ1n) is 5.10. The van der Waals surface area contributed by atoms with Crippen LogP contribution in [0.1, 0.15) is 26.3 Å². The molecule has 1 aromatic rings. The molecule has 0 saturated carbocycles. The summed E-state index contributed by atoms with van der Waals surface area (Å²) < 4.78 is 38.5. The zero-order valence-electron chi connectivity index (χ0n) is 10.2. The number of amides is 1. The third-order valence-corrected chi connectivity index (χ3v) is 3.65. The number of aliphatic hydroxyl groups is 1. The number of halogens is 1. The van der Waals surface area contributed by atoms with E-state index in [9.17, 15) is 22.7 Å². The second-order valence-corrected chi connectivity index (χ2v) is 6.02. The van der Waals surface area contributed by atoms with E-state index in [1.54, 1.807) is 4.72 Å². The molecule has 1 amide bonds. The van der Waals surface area contributed by atoms with E-state index in [1.165, 1.54) is 19.9 Å². The van der Waals surface area contributed by atoms with Crippen LogP contribution >= 0.6 is 0 Å². The van der Waals surface area contributed by atoms with Gasteiger partial charge < -0.3 is 5.11 Å². The number of nitrogens with one attached hydrogen (secondary N) is 1. The summed E-state index contributed by atoms with van der Waals surface area (Å²) in [4.78, 5) is 10.1. The highest BCUT2D eigenvalue weighted by molar-refractivity contribution is 7.90. The van der Waals surface area contributed by atoms with Gasteiger partial charge in [-0.05, 0) is 31.5 Å². The fraction of sp³-hybridized carbons (Fsp3) is 0.364. The molecule has 0 aromatic heterocycles. The quantitative estimate of drug-likeness (QED) is 0.857. The first-order chi connectivity index (χ1) is 8.04. The van der Waals surface area contributed by atoms with Gasteiger partial charge in [0.2, 0.25) is 5.91 Å². The minimum atomic E-state index is -4.26. The fourth-order valence-electron chi connectivity index (χ4n) is 1.33. The van der Waals surface area contributed by atoms with Crippen molar-refractivity contribution >= 4 is 15.9 Å². The lowest BCUT2D eigenvalue weighted by Gasteiger charge is -2.18. The van der Waals surface area contributed by atoms with Crippen LogP contribution in [0.3, 0.4) is 0 Å². The van der Waals surface area contributed by atoms with Crippen molar-refractivity contribution in [1.82, 2.24) is 4.72 Å². The molecule has 0 atom stereocenters. The van der Waals surface area contributed by atoms with E-state index in [1.807, 2.05) is 0 Å². The molecule has 0 fully saturated rings. The van der Waals surface area contributed by atoms with Gasteiger partial charge in [-0.25, -0.2) is 17.5 Å². The van der Waals surface area contributed by atoms with Crippen molar-refractivity contribution in [3.63, 3.8) is 0 Å². The van der Waals surface area contributed by atoms with Gasteiger partial charge in [-0.3, -0.25) is 4.79 Å². The summed E-state index contributed by atoms with van der Waals surface area (Å²) in [6.45, 7) is 3.89. The van der Waals surface area contributed by atoms with Crippen molar-refractivity contribution in [3.8, 4) is 0 Å². The number of hydrogen-bond donors (Lipinski definition) is 2. The molecule has 0 unspecified atom stereocenters. The molecule has 0 bridgehead atoms. The molecule has 18 heavy (non-hydrogen) atoms.